The zero-order valence-electron chi connectivity index (χ0n) is 14.0. The van der Waals surface area contributed by atoms with Gasteiger partial charge in [0, 0.05) is 25.0 Å². The second-order valence-corrected chi connectivity index (χ2v) is 6.67. The Bertz CT molecular complexity index is 470. The average Bonchev–Trinajstić information content (AvgIpc) is 2.63. The summed E-state index contributed by atoms with van der Waals surface area (Å²) in [7, 11) is 0. The molecule has 7 nitrogen and oxygen atoms in total. The highest BCUT2D eigenvalue weighted by atomic mass is 35.5. The molecule has 0 aliphatic carbocycles. The van der Waals surface area contributed by atoms with Crippen molar-refractivity contribution in [2.75, 3.05) is 13.1 Å². The normalized spacial score (nSPS) is 26.5. The number of hydrogen-bond acceptors (Lipinski definition) is 4. The number of carbonyl (C=O) groups is 3. The second kappa shape index (κ2) is 7.97. The van der Waals surface area contributed by atoms with Crippen LogP contribution in [-0.4, -0.2) is 53.5 Å². The molecule has 2 atom stereocenters. The van der Waals surface area contributed by atoms with Gasteiger partial charge in [-0.15, -0.1) is 12.4 Å². The molecule has 3 N–H and O–H groups in total. The van der Waals surface area contributed by atoms with Crippen LogP contribution in [0.5, 0.6) is 0 Å². The first-order valence-corrected chi connectivity index (χ1v) is 7.98. The first kappa shape index (κ1) is 19.7. The summed E-state index contributed by atoms with van der Waals surface area (Å²) in [6, 6.07) is 0.0712. The molecule has 2 heterocycles. The number of nitrogens with one attached hydrogen (secondary N) is 3. The van der Waals surface area contributed by atoms with Crippen molar-refractivity contribution in [1.29, 1.82) is 0 Å². The van der Waals surface area contributed by atoms with Crippen molar-refractivity contribution in [2.45, 2.75) is 64.1 Å². The molecule has 8 heteroatoms. The molecule has 0 radical (unpaired) electrons. The van der Waals surface area contributed by atoms with Crippen LogP contribution >= 0.6 is 12.4 Å². The van der Waals surface area contributed by atoms with E-state index in [4.69, 9.17) is 0 Å². The molecule has 0 aromatic heterocycles. The molecule has 0 aromatic rings. The average molecular weight is 347 g/mol. The van der Waals surface area contributed by atoms with E-state index in [1.807, 2.05) is 0 Å². The van der Waals surface area contributed by atoms with Crippen LogP contribution in [0.1, 0.15) is 46.5 Å². The highest BCUT2D eigenvalue weighted by Gasteiger charge is 2.43. The highest BCUT2D eigenvalue weighted by Crippen LogP contribution is 2.17. The van der Waals surface area contributed by atoms with Crippen LogP contribution in [0.3, 0.4) is 0 Å². The molecule has 0 bridgehead atoms. The minimum absolute atomic E-state index is 0. The summed E-state index contributed by atoms with van der Waals surface area (Å²) >= 11 is 0. The quantitative estimate of drug-likeness (QED) is 0.641. The third kappa shape index (κ3) is 4.81. The van der Waals surface area contributed by atoms with Crippen molar-refractivity contribution in [2.24, 2.45) is 0 Å². The monoisotopic (exact) mass is 346 g/mol. The fourth-order valence-electron chi connectivity index (χ4n) is 2.94. The lowest BCUT2D eigenvalue weighted by molar-refractivity contribution is -0.130. The molecule has 2 aliphatic heterocycles. The van der Waals surface area contributed by atoms with Gasteiger partial charge < -0.3 is 16.0 Å². The van der Waals surface area contributed by atoms with Crippen molar-refractivity contribution in [3.8, 4) is 0 Å². The smallest absolute Gasteiger partial charge is 0.325 e. The maximum absolute atomic E-state index is 12.0. The van der Waals surface area contributed by atoms with Crippen molar-refractivity contribution in [3.63, 3.8) is 0 Å². The number of halogens is 1. The first-order valence-electron chi connectivity index (χ1n) is 7.98. The summed E-state index contributed by atoms with van der Waals surface area (Å²) < 4.78 is 0. The largest absolute Gasteiger partial charge is 0.352 e. The number of urea groups is 1. The summed E-state index contributed by atoms with van der Waals surface area (Å²) in [6.07, 6.45) is 2.85. The number of rotatable bonds is 5. The second-order valence-electron chi connectivity index (χ2n) is 6.67. The fraction of sp³-hybridized carbons (Fsp3) is 0.800. The van der Waals surface area contributed by atoms with Gasteiger partial charge in [-0.1, -0.05) is 0 Å². The molecular formula is C15H27ClN4O3. The molecule has 2 fully saturated rings. The number of hydrogen-bond donors (Lipinski definition) is 3. The van der Waals surface area contributed by atoms with Crippen LogP contribution in [-0.2, 0) is 9.59 Å². The molecule has 0 spiro atoms. The predicted octanol–water partition coefficient (Wildman–Crippen LogP) is 0.776. The Kier molecular flexibility index (Phi) is 6.83. The molecule has 0 aromatic carbocycles. The minimum atomic E-state index is -0.845. The topological polar surface area (TPSA) is 90.5 Å². The van der Waals surface area contributed by atoms with Crippen LogP contribution in [0.25, 0.3) is 0 Å². The maximum atomic E-state index is 12.0. The van der Waals surface area contributed by atoms with Crippen molar-refractivity contribution < 1.29 is 14.4 Å². The molecule has 132 valence electrons. The van der Waals surface area contributed by atoms with Gasteiger partial charge >= 0.3 is 6.03 Å². The third-order valence-electron chi connectivity index (χ3n) is 4.34. The van der Waals surface area contributed by atoms with Crippen molar-refractivity contribution in [1.82, 2.24) is 20.9 Å². The van der Waals surface area contributed by atoms with Crippen molar-refractivity contribution in [3.05, 3.63) is 0 Å². The Hall–Kier alpha value is -1.34. The maximum Gasteiger partial charge on any atom is 0.325 e. The lowest BCUT2D eigenvalue weighted by Gasteiger charge is -2.30. The van der Waals surface area contributed by atoms with Crippen LogP contribution in [0, 0.1) is 0 Å². The number of nitrogens with zero attached hydrogens (tertiary/aromatic N) is 1. The zero-order valence-corrected chi connectivity index (χ0v) is 14.8. The summed E-state index contributed by atoms with van der Waals surface area (Å²) in [5.74, 6) is -0.255. The van der Waals surface area contributed by atoms with Gasteiger partial charge in [0.1, 0.15) is 5.54 Å². The van der Waals surface area contributed by atoms with E-state index in [2.05, 4.69) is 22.9 Å². The van der Waals surface area contributed by atoms with Gasteiger partial charge in [-0.25, -0.2) is 4.79 Å². The number of amides is 4. The van der Waals surface area contributed by atoms with Gasteiger partial charge in [0.15, 0.2) is 0 Å². The molecule has 0 saturated carbocycles. The van der Waals surface area contributed by atoms with Crippen LogP contribution in [0.15, 0.2) is 0 Å². The Balaban J connectivity index is 0.00000264. The van der Waals surface area contributed by atoms with Crippen LogP contribution in [0.4, 0.5) is 4.79 Å². The van der Waals surface area contributed by atoms with Gasteiger partial charge in [-0.2, -0.15) is 0 Å². The molecule has 4 amide bonds. The summed E-state index contributed by atoms with van der Waals surface area (Å²) in [4.78, 5) is 36.9. The molecule has 2 aliphatic rings. The van der Waals surface area contributed by atoms with Gasteiger partial charge in [-0.3, -0.25) is 14.5 Å². The van der Waals surface area contributed by atoms with E-state index in [9.17, 15) is 14.4 Å². The van der Waals surface area contributed by atoms with E-state index in [1.165, 1.54) is 4.90 Å². The van der Waals surface area contributed by atoms with E-state index in [1.54, 1.807) is 13.8 Å². The fourth-order valence-corrected chi connectivity index (χ4v) is 2.94. The molecular weight excluding hydrogens is 320 g/mol. The molecule has 2 saturated heterocycles. The van der Waals surface area contributed by atoms with Gasteiger partial charge in [0.05, 0.1) is 0 Å². The Labute approximate surface area is 143 Å². The van der Waals surface area contributed by atoms with E-state index in [0.717, 1.165) is 19.4 Å². The van der Waals surface area contributed by atoms with E-state index in [0.29, 0.717) is 12.8 Å². The summed E-state index contributed by atoms with van der Waals surface area (Å²) in [6.45, 7) is 6.70. The molecule has 23 heavy (non-hydrogen) atoms. The van der Waals surface area contributed by atoms with E-state index < -0.39 is 5.54 Å². The predicted molar refractivity (Wildman–Crippen MR) is 89.4 cm³/mol. The van der Waals surface area contributed by atoms with Gasteiger partial charge in [0.25, 0.3) is 5.91 Å². The molecule has 2 rings (SSSR count). The lowest BCUT2D eigenvalue weighted by atomic mass is 10.00. The van der Waals surface area contributed by atoms with Crippen molar-refractivity contribution >= 4 is 30.3 Å². The van der Waals surface area contributed by atoms with E-state index >= 15 is 0 Å². The Morgan fingerprint density at radius 1 is 1.39 bits per heavy atom. The number of piperidine rings is 1. The minimum Gasteiger partial charge on any atom is -0.352 e. The van der Waals surface area contributed by atoms with Crippen LogP contribution in [0.2, 0.25) is 0 Å². The standard InChI is InChI=1S/C15H26N4O3.ClH/c1-10-11(6-4-8-16-10)17-12(20)7-5-9-19-13(21)15(2,3)18-14(19)22;/h10-11,16H,4-9H2,1-3H3,(H,17,20)(H,18,22);1H. The molecule has 2 unspecified atom stereocenters. The van der Waals surface area contributed by atoms with Crippen LogP contribution < -0.4 is 16.0 Å². The summed E-state index contributed by atoms with van der Waals surface area (Å²) in [5, 5.41) is 9.00. The van der Waals surface area contributed by atoms with Gasteiger partial charge in [-0.05, 0) is 46.6 Å². The number of carbonyl (C=O) groups excluding carboxylic acids is 3. The SMILES string of the molecule is CC1NCCCC1NC(=O)CCCN1C(=O)NC(C)(C)C1=O.Cl. The zero-order chi connectivity index (χ0) is 16.3. The Morgan fingerprint density at radius 3 is 2.65 bits per heavy atom. The highest BCUT2D eigenvalue weighted by molar-refractivity contribution is 6.06. The summed E-state index contributed by atoms with van der Waals surface area (Å²) in [5.41, 5.74) is -0.845. The first-order chi connectivity index (χ1) is 10.3. The van der Waals surface area contributed by atoms with Gasteiger partial charge in [0.2, 0.25) is 5.91 Å². The number of imide groups is 1. The van der Waals surface area contributed by atoms with E-state index in [-0.39, 0.29) is 48.9 Å². The lowest BCUT2D eigenvalue weighted by Crippen LogP contribution is -2.51. The third-order valence-corrected chi connectivity index (χ3v) is 4.34. The Morgan fingerprint density at radius 2 is 2.09 bits per heavy atom.